The fourth-order valence-corrected chi connectivity index (χ4v) is 4.57. The highest BCUT2D eigenvalue weighted by molar-refractivity contribution is 5.97. The third kappa shape index (κ3) is 5.23. The first-order chi connectivity index (χ1) is 17.4. The lowest BCUT2D eigenvalue weighted by molar-refractivity contribution is -0.136. The topological polar surface area (TPSA) is 106 Å². The number of hydrogen-bond donors (Lipinski definition) is 2. The Morgan fingerprint density at radius 1 is 1.22 bits per heavy atom. The lowest BCUT2D eigenvalue weighted by Crippen LogP contribution is -2.42. The van der Waals surface area contributed by atoms with Gasteiger partial charge in [-0.3, -0.25) is 9.59 Å². The van der Waals surface area contributed by atoms with E-state index in [1.165, 1.54) is 11.0 Å². The summed E-state index contributed by atoms with van der Waals surface area (Å²) < 4.78 is 56.9. The second-order valence-electron chi connectivity index (χ2n) is 9.56. The van der Waals surface area contributed by atoms with Crippen LogP contribution in [0, 0.1) is 5.92 Å². The Balaban J connectivity index is 1.66. The normalized spacial score (nSPS) is 18.1. The van der Waals surface area contributed by atoms with Gasteiger partial charge in [-0.25, -0.2) is 13.9 Å². The summed E-state index contributed by atoms with van der Waals surface area (Å²) in [7, 11) is 0. The number of carbonyl (C=O) groups is 2. The van der Waals surface area contributed by atoms with Crippen molar-refractivity contribution in [2.75, 3.05) is 18.8 Å². The Labute approximate surface area is 210 Å². The van der Waals surface area contributed by atoms with Crippen LogP contribution < -0.4 is 11.1 Å². The number of carbonyl (C=O) groups excluding carboxylic acids is 2. The highest BCUT2D eigenvalue weighted by Crippen LogP contribution is 2.39. The minimum Gasteiger partial charge on any atom is -0.382 e. The van der Waals surface area contributed by atoms with E-state index in [-0.39, 0.29) is 53.9 Å². The smallest absolute Gasteiger partial charge is 0.382 e. The lowest BCUT2D eigenvalue weighted by atomic mass is 9.99. The minimum absolute atomic E-state index is 0.0497. The second-order valence-corrected chi connectivity index (χ2v) is 9.56. The highest BCUT2D eigenvalue weighted by Gasteiger charge is 2.38. The van der Waals surface area contributed by atoms with Crippen LogP contribution in [0.4, 0.5) is 23.4 Å². The van der Waals surface area contributed by atoms with E-state index in [2.05, 4.69) is 15.4 Å². The molecule has 1 aliphatic heterocycles. The summed E-state index contributed by atoms with van der Waals surface area (Å²) in [5, 5.41) is 6.62. The number of halogens is 4. The zero-order valence-corrected chi connectivity index (χ0v) is 20.6. The van der Waals surface area contributed by atoms with Crippen LogP contribution in [-0.2, 0) is 17.4 Å². The van der Waals surface area contributed by atoms with Gasteiger partial charge in [-0.1, -0.05) is 32.9 Å². The molecule has 12 heteroatoms. The molecule has 1 aliphatic rings. The Bertz CT molecular complexity index is 1340. The molecule has 0 saturated carbocycles. The molecule has 0 radical (unpaired) electrons. The van der Waals surface area contributed by atoms with Crippen LogP contribution in [-0.4, -0.2) is 56.6 Å². The maximum atomic E-state index is 14.7. The standard InChI is InChI=1S/C25H28F4N6O2/c1-4-14-5-6-15(20-9-17(25(27,28)29)22-23(30)31-12-32-35(20)22)8-16(14)24(37)33-19-11-34(10-18(19)26)21(36)7-13(2)3/h5-6,8-9,12-13,18-19H,4,7,10-11H2,1-3H3,(H,33,37)(H2,30,31,32)/t18-,19+/m0/s1. The average molecular weight is 521 g/mol. The van der Waals surface area contributed by atoms with Gasteiger partial charge in [0.05, 0.1) is 23.8 Å². The lowest BCUT2D eigenvalue weighted by Gasteiger charge is -2.18. The van der Waals surface area contributed by atoms with Crippen molar-refractivity contribution in [2.24, 2.45) is 5.92 Å². The molecule has 2 aromatic heterocycles. The average Bonchev–Trinajstić information content (AvgIpc) is 3.40. The van der Waals surface area contributed by atoms with Crippen molar-refractivity contribution in [3.63, 3.8) is 0 Å². The fourth-order valence-electron chi connectivity index (χ4n) is 4.57. The molecular formula is C25H28F4N6O2. The van der Waals surface area contributed by atoms with Crippen LogP contribution in [0.2, 0.25) is 0 Å². The molecule has 37 heavy (non-hydrogen) atoms. The zero-order valence-electron chi connectivity index (χ0n) is 20.6. The summed E-state index contributed by atoms with van der Waals surface area (Å²) in [5.41, 5.74) is 5.55. The van der Waals surface area contributed by atoms with Gasteiger partial charge < -0.3 is 16.0 Å². The Hall–Kier alpha value is -3.70. The Morgan fingerprint density at radius 2 is 1.95 bits per heavy atom. The molecule has 0 spiro atoms. The number of likely N-dealkylation sites (tertiary alicyclic amines) is 1. The van der Waals surface area contributed by atoms with Gasteiger partial charge in [0.25, 0.3) is 5.91 Å². The van der Waals surface area contributed by atoms with Crippen molar-refractivity contribution in [3.05, 3.63) is 47.3 Å². The third-order valence-electron chi connectivity index (χ3n) is 6.42. The van der Waals surface area contributed by atoms with Gasteiger partial charge in [0, 0.05) is 24.1 Å². The number of anilines is 1. The number of nitrogen functional groups attached to an aromatic ring is 1. The Morgan fingerprint density at radius 3 is 2.59 bits per heavy atom. The summed E-state index contributed by atoms with van der Waals surface area (Å²) in [6, 6.07) is 4.71. The maximum absolute atomic E-state index is 14.7. The van der Waals surface area contributed by atoms with Crippen LogP contribution in [0.3, 0.4) is 0 Å². The van der Waals surface area contributed by atoms with Crippen molar-refractivity contribution in [2.45, 2.75) is 52.0 Å². The second kappa shape index (κ2) is 9.98. The number of nitrogens with zero attached hydrogens (tertiary/aromatic N) is 4. The number of nitrogens with two attached hydrogens (primary N) is 1. The van der Waals surface area contributed by atoms with Crippen molar-refractivity contribution in [3.8, 4) is 11.3 Å². The summed E-state index contributed by atoms with van der Waals surface area (Å²) >= 11 is 0. The molecule has 0 aliphatic carbocycles. The van der Waals surface area contributed by atoms with Crippen molar-refractivity contribution in [1.82, 2.24) is 24.8 Å². The van der Waals surface area contributed by atoms with E-state index in [9.17, 15) is 27.2 Å². The van der Waals surface area contributed by atoms with Crippen LogP contribution in [0.1, 0.15) is 48.7 Å². The first kappa shape index (κ1) is 26.4. The van der Waals surface area contributed by atoms with Crippen LogP contribution in [0.25, 0.3) is 16.8 Å². The van der Waals surface area contributed by atoms with Crippen LogP contribution in [0.5, 0.6) is 0 Å². The van der Waals surface area contributed by atoms with Gasteiger partial charge in [0.15, 0.2) is 5.82 Å². The van der Waals surface area contributed by atoms with E-state index >= 15 is 0 Å². The number of aryl methyl sites for hydroxylation is 1. The molecule has 2 atom stereocenters. The molecule has 0 unspecified atom stereocenters. The quantitative estimate of drug-likeness (QED) is 0.480. The number of hydrogen-bond acceptors (Lipinski definition) is 5. The van der Waals surface area contributed by atoms with Crippen molar-refractivity contribution in [1.29, 1.82) is 0 Å². The molecule has 0 bridgehead atoms. The predicted molar refractivity (Wildman–Crippen MR) is 129 cm³/mol. The van der Waals surface area contributed by atoms with Crippen LogP contribution in [0.15, 0.2) is 30.6 Å². The van der Waals surface area contributed by atoms with Gasteiger partial charge in [0.2, 0.25) is 5.91 Å². The number of rotatable bonds is 6. The monoisotopic (exact) mass is 520 g/mol. The number of benzene rings is 1. The summed E-state index contributed by atoms with van der Waals surface area (Å²) in [6.45, 7) is 5.56. The third-order valence-corrected chi connectivity index (χ3v) is 6.42. The fraction of sp³-hybridized carbons (Fsp3) is 0.440. The first-order valence-corrected chi connectivity index (χ1v) is 12.0. The van der Waals surface area contributed by atoms with E-state index < -0.39 is 29.9 Å². The van der Waals surface area contributed by atoms with E-state index in [0.29, 0.717) is 17.5 Å². The number of amides is 2. The summed E-state index contributed by atoms with van der Waals surface area (Å²) in [6.07, 6.45) is -4.34. The molecule has 3 N–H and O–H groups in total. The van der Waals surface area contributed by atoms with Crippen molar-refractivity contribution >= 4 is 23.1 Å². The molecule has 3 aromatic rings. The Kier molecular flexibility index (Phi) is 7.11. The zero-order chi connectivity index (χ0) is 27.1. The van der Waals surface area contributed by atoms with Gasteiger partial charge in [-0.05, 0) is 30.0 Å². The number of fused-ring (bicyclic) bond motifs is 1. The highest BCUT2D eigenvalue weighted by atomic mass is 19.4. The summed E-state index contributed by atoms with van der Waals surface area (Å²) in [4.78, 5) is 30.7. The predicted octanol–water partition coefficient (Wildman–Crippen LogP) is 3.88. The van der Waals surface area contributed by atoms with Gasteiger partial charge in [-0.2, -0.15) is 18.3 Å². The maximum Gasteiger partial charge on any atom is 0.418 e. The van der Waals surface area contributed by atoms with E-state index in [0.717, 1.165) is 16.9 Å². The molecular weight excluding hydrogens is 492 g/mol. The minimum atomic E-state index is -4.70. The summed E-state index contributed by atoms with van der Waals surface area (Å²) in [5.74, 6) is -0.954. The molecule has 8 nitrogen and oxygen atoms in total. The van der Waals surface area contributed by atoms with E-state index in [4.69, 9.17) is 5.73 Å². The van der Waals surface area contributed by atoms with Gasteiger partial charge in [0.1, 0.15) is 18.0 Å². The van der Waals surface area contributed by atoms with Crippen LogP contribution >= 0.6 is 0 Å². The first-order valence-electron chi connectivity index (χ1n) is 12.0. The van der Waals surface area contributed by atoms with E-state index in [1.54, 1.807) is 12.1 Å². The number of alkyl halides is 4. The van der Waals surface area contributed by atoms with E-state index in [1.807, 2.05) is 20.8 Å². The van der Waals surface area contributed by atoms with Gasteiger partial charge >= 0.3 is 6.18 Å². The molecule has 1 fully saturated rings. The molecule has 2 amide bonds. The molecule has 198 valence electrons. The largest absolute Gasteiger partial charge is 0.418 e. The van der Waals surface area contributed by atoms with Crippen molar-refractivity contribution < 1.29 is 27.2 Å². The SMILES string of the molecule is CCc1ccc(-c2cc(C(F)(F)F)c3c(N)ncnn23)cc1C(=O)N[C@@H]1CN(C(=O)CC(C)C)C[C@@H]1F. The number of aromatic nitrogens is 3. The number of nitrogens with one attached hydrogen (secondary N) is 1. The molecule has 4 rings (SSSR count). The molecule has 1 saturated heterocycles. The van der Waals surface area contributed by atoms with Gasteiger partial charge in [-0.15, -0.1) is 0 Å². The molecule has 1 aromatic carbocycles. The molecule has 3 heterocycles.